The molecular weight excluding hydrogens is 420 g/mol. The van der Waals surface area contributed by atoms with Gasteiger partial charge in [-0.25, -0.2) is 0 Å². The van der Waals surface area contributed by atoms with Gasteiger partial charge in [-0.05, 0) is 48.1 Å². The summed E-state index contributed by atoms with van der Waals surface area (Å²) in [5, 5.41) is 9.98. The van der Waals surface area contributed by atoms with E-state index in [9.17, 15) is 5.11 Å². The molecule has 1 atom stereocenters. The number of rotatable bonds is 10. The van der Waals surface area contributed by atoms with E-state index in [1.54, 1.807) is 7.11 Å². The van der Waals surface area contributed by atoms with E-state index in [0.717, 1.165) is 24.2 Å². The predicted molar refractivity (Wildman–Crippen MR) is 132 cm³/mol. The summed E-state index contributed by atoms with van der Waals surface area (Å²) in [4.78, 5) is 0. The van der Waals surface area contributed by atoms with E-state index in [1.165, 1.54) is 11.1 Å². The van der Waals surface area contributed by atoms with Gasteiger partial charge in [0.15, 0.2) is 0 Å². The number of ether oxygens (including phenoxy) is 2. The minimum atomic E-state index is -0.309. The first kappa shape index (κ1) is 27.5. The van der Waals surface area contributed by atoms with Gasteiger partial charge in [-0.2, -0.15) is 0 Å². The molecule has 0 spiro atoms. The number of halogens is 1. The van der Waals surface area contributed by atoms with E-state index < -0.39 is 0 Å². The molecule has 164 valence electrons. The molecule has 3 nitrogen and oxygen atoms in total. The van der Waals surface area contributed by atoms with Crippen LogP contribution in [0.2, 0.25) is 0 Å². The maximum atomic E-state index is 9.98. The van der Waals surface area contributed by atoms with Gasteiger partial charge in [0.25, 0.3) is 0 Å². The fraction of sp³-hybridized carbons (Fsp3) is 0.308. The Bertz CT molecular complexity index is 809. The minimum Gasteiger partial charge on any atom is -1.00 e. The van der Waals surface area contributed by atoms with E-state index in [1.807, 2.05) is 72.8 Å². The molecule has 1 N–H and O–H groups in total. The molecule has 31 heavy (non-hydrogen) atoms. The second kappa shape index (κ2) is 17.0. The quantitative estimate of drug-likeness (QED) is 0.237. The smallest absolute Gasteiger partial charge is 1.00 e. The number of hydrogen-bond donors (Lipinski definition) is 1. The van der Waals surface area contributed by atoms with Gasteiger partial charge >= 0.3 is 23.1 Å². The van der Waals surface area contributed by atoms with Crippen molar-refractivity contribution in [2.75, 3.05) is 13.7 Å². The normalized spacial score (nSPS) is 10.9. The van der Waals surface area contributed by atoms with Crippen LogP contribution in [-0.2, 0) is 23.6 Å². The summed E-state index contributed by atoms with van der Waals surface area (Å²) in [5.74, 6) is 1.46. The molecule has 0 amide bonds. The van der Waals surface area contributed by atoms with Gasteiger partial charge in [0, 0.05) is 12.5 Å². The first-order valence-electron chi connectivity index (χ1n) is 10.2. The van der Waals surface area contributed by atoms with Crippen LogP contribution in [0, 0.1) is 0 Å². The second-order valence-electron chi connectivity index (χ2n) is 6.99. The van der Waals surface area contributed by atoms with Crippen molar-refractivity contribution in [3.05, 3.63) is 102 Å². The molecule has 0 saturated heterocycles. The molecule has 0 aliphatic rings. The molecule has 1 unspecified atom stereocenters. The van der Waals surface area contributed by atoms with Crippen molar-refractivity contribution in [2.45, 2.75) is 37.9 Å². The summed E-state index contributed by atoms with van der Waals surface area (Å²) in [6.45, 7) is 1.14. The summed E-state index contributed by atoms with van der Waals surface area (Å²) >= 11 is 5.53. The Balaban J connectivity index is 0. The topological polar surface area (TPSA) is 38.7 Å². The molecule has 0 radical (unpaired) electrons. The molecule has 0 aromatic heterocycles. The largest absolute Gasteiger partial charge is 2.00 e. The van der Waals surface area contributed by atoms with Crippen LogP contribution in [0.5, 0.6) is 5.75 Å². The fourth-order valence-corrected chi connectivity index (χ4v) is 3.00. The van der Waals surface area contributed by atoms with Crippen molar-refractivity contribution < 1.29 is 17.4 Å². The SMILES string of the molecule is COc1ccc(COCCC(O)CCc2ccccc2)cc1.ClCc1ccccc1.[H-].[H-].[Mg+2]. The maximum Gasteiger partial charge on any atom is 2.00 e. The number of aryl methyl sites for hydroxylation is 1. The zero-order valence-corrected chi connectivity index (χ0v) is 20.4. The summed E-state index contributed by atoms with van der Waals surface area (Å²) in [6.07, 6.45) is 2.04. The van der Waals surface area contributed by atoms with Crippen molar-refractivity contribution >= 4 is 34.7 Å². The van der Waals surface area contributed by atoms with Crippen molar-refractivity contribution in [2.24, 2.45) is 0 Å². The Morgan fingerprint density at radius 2 is 1.39 bits per heavy atom. The van der Waals surface area contributed by atoms with E-state index in [2.05, 4.69) is 12.1 Å². The molecule has 0 bridgehead atoms. The predicted octanol–water partition coefficient (Wildman–Crippen LogP) is 5.87. The van der Waals surface area contributed by atoms with Gasteiger partial charge in [0.1, 0.15) is 5.75 Å². The first-order chi connectivity index (χ1) is 14.7. The average Bonchev–Trinajstić information content (AvgIpc) is 2.82. The van der Waals surface area contributed by atoms with Gasteiger partial charge < -0.3 is 17.4 Å². The van der Waals surface area contributed by atoms with E-state index in [4.69, 9.17) is 21.1 Å². The van der Waals surface area contributed by atoms with Crippen molar-refractivity contribution in [3.8, 4) is 5.75 Å². The van der Waals surface area contributed by atoms with Crippen LogP contribution in [0.3, 0.4) is 0 Å². The van der Waals surface area contributed by atoms with E-state index in [-0.39, 0.29) is 32.0 Å². The van der Waals surface area contributed by atoms with Crippen LogP contribution < -0.4 is 4.74 Å². The zero-order valence-electron chi connectivity index (χ0n) is 20.3. The first-order valence-corrected chi connectivity index (χ1v) is 10.8. The standard InChI is InChI=1S/C19H24O3.C7H7Cl.Mg.2H/c1-21-19-11-8-17(9-12-19)15-22-14-13-18(20)10-7-16-5-3-2-4-6-16;8-6-7-4-2-1-3-5-7;;;/h2-6,8-9,11-12,18,20H,7,10,13-15H2,1H3;1-5H,6H2;;;/q;;+2;2*-1. The monoisotopic (exact) mass is 452 g/mol. The molecule has 0 aliphatic heterocycles. The Morgan fingerprint density at radius 3 is 1.90 bits per heavy atom. The number of benzene rings is 3. The van der Waals surface area contributed by atoms with Crippen molar-refractivity contribution in [1.29, 1.82) is 0 Å². The van der Waals surface area contributed by atoms with Gasteiger partial charge in [0.2, 0.25) is 0 Å². The third kappa shape index (κ3) is 12.2. The molecule has 3 rings (SSSR count). The van der Waals surface area contributed by atoms with Gasteiger partial charge in [-0.3, -0.25) is 0 Å². The third-order valence-electron chi connectivity index (χ3n) is 4.63. The van der Waals surface area contributed by atoms with Crippen LogP contribution >= 0.6 is 11.6 Å². The second-order valence-corrected chi connectivity index (χ2v) is 7.25. The van der Waals surface area contributed by atoms with Gasteiger partial charge in [-0.15, -0.1) is 11.6 Å². The maximum absolute atomic E-state index is 9.98. The van der Waals surface area contributed by atoms with Crippen molar-refractivity contribution in [1.82, 2.24) is 0 Å². The Morgan fingerprint density at radius 1 is 0.806 bits per heavy atom. The van der Waals surface area contributed by atoms with Crippen LogP contribution in [-0.4, -0.2) is 48.0 Å². The van der Waals surface area contributed by atoms with Crippen LogP contribution in [0.1, 0.15) is 32.4 Å². The summed E-state index contributed by atoms with van der Waals surface area (Å²) in [7, 11) is 1.66. The number of aliphatic hydroxyl groups is 1. The summed E-state index contributed by atoms with van der Waals surface area (Å²) < 4.78 is 10.7. The Kier molecular flexibility index (Phi) is 15.1. The van der Waals surface area contributed by atoms with Gasteiger partial charge in [0.05, 0.1) is 19.8 Å². The number of methoxy groups -OCH3 is 1. The number of alkyl halides is 1. The Hall–Kier alpha value is -1.56. The number of hydrogen-bond acceptors (Lipinski definition) is 3. The van der Waals surface area contributed by atoms with E-state index in [0.29, 0.717) is 25.5 Å². The minimum absolute atomic E-state index is 0. The third-order valence-corrected chi connectivity index (χ3v) is 4.94. The number of aliphatic hydroxyl groups excluding tert-OH is 1. The molecule has 0 saturated carbocycles. The van der Waals surface area contributed by atoms with Crippen molar-refractivity contribution in [3.63, 3.8) is 0 Å². The molecule has 0 fully saturated rings. The molecule has 3 aromatic rings. The molecule has 5 heteroatoms. The van der Waals surface area contributed by atoms with Gasteiger partial charge in [-0.1, -0.05) is 72.8 Å². The van der Waals surface area contributed by atoms with Crippen LogP contribution in [0.25, 0.3) is 0 Å². The van der Waals surface area contributed by atoms with Crippen LogP contribution in [0.4, 0.5) is 0 Å². The molecule has 0 aliphatic carbocycles. The fourth-order valence-electron chi connectivity index (χ4n) is 2.82. The summed E-state index contributed by atoms with van der Waals surface area (Å²) in [6, 6.07) is 28.0. The summed E-state index contributed by atoms with van der Waals surface area (Å²) in [5.41, 5.74) is 3.55. The molecular formula is C26H33ClMgO3. The Labute approximate surface area is 210 Å². The average molecular weight is 453 g/mol. The van der Waals surface area contributed by atoms with E-state index >= 15 is 0 Å². The molecule has 0 heterocycles. The van der Waals surface area contributed by atoms with Crippen LogP contribution in [0.15, 0.2) is 84.9 Å². The zero-order chi connectivity index (χ0) is 21.4. The molecule has 3 aromatic carbocycles.